The predicted octanol–water partition coefficient (Wildman–Crippen LogP) is 2.19. The molecule has 0 bridgehead atoms. The Morgan fingerprint density at radius 1 is 1.38 bits per heavy atom. The summed E-state index contributed by atoms with van der Waals surface area (Å²) in [6.07, 6.45) is 5.32. The Bertz CT molecular complexity index is 119. The van der Waals surface area contributed by atoms with Crippen molar-refractivity contribution in [3.05, 3.63) is 0 Å². The van der Waals surface area contributed by atoms with E-state index in [2.05, 4.69) is 19.2 Å². The van der Waals surface area contributed by atoms with Gasteiger partial charge in [0, 0.05) is 19.3 Å². The third kappa shape index (κ3) is 5.27. The third-order valence-corrected chi connectivity index (χ3v) is 2.62. The van der Waals surface area contributed by atoms with Gasteiger partial charge >= 0.3 is 0 Å². The van der Waals surface area contributed by atoms with Gasteiger partial charge in [0.1, 0.15) is 0 Å². The van der Waals surface area contributed by atoms with E-state index in [9.17, 15) is 0 Å². The first-order valence-electron chi connectivity index (χ1n) is 5.60. The van der Waals surface area contributed by atoms with Gasteiger partial charge in [0.2, 0.25) is 0 Å². The first-order valence-corrected chi connectivity index (χ1v) is 5.60. The van der Waals surface area contributed by atoms with E-state index in [-0.39, 0.29) is 0 Å². The van der Waals surface area contributed by atoms with Crippen LogP contribution in [-0.4, -0.2) is 25.8 Å². The predicted molar refractivity (Wildman–Crippen MR) is 55.9 cm³/mol. The van der Waals surface area contributed by atoms with E-state index in [1.54, 1.807) is 0 Å². The smallest absolute Gasteiger partial charge is 0.0495 e. The lowest BCUT2D eigenvalue weighted by Crippen LogP contribution is -2.23. The summed E-state index contributed by atoms with van der Waals surface area (Å²) in [4.78, 5) is 0. The molecule has 1 N–H and O–H groups in total. The zero-order valence-electron chi connectivity index (χ0n) is 9.01. The number of hydrogen-bond acceptors (Lipinski definition) is 2. The molecule has 1 aliphatic heterocycles. The quantitative estimate of drug-likeness (QED) is 0.640. The van der Waals surface area contributed by atoms with Crippen molar-refractivity contribution in [3.8, 4) is 0 Å². The zero-order valence-corrected chi connectivity index (χ0v) is 9.01. The third-order valence-electron chi connectivity index (χ3n) is 2.62. The van der Waals surface area contributed by atoms with Crippen LogP contribution >= 0.6 is 0 Å². The van der Waals surface area contributed by atoms with Gasteiger partial charge in [-0.1, -0.05) is 20.3 Å². The van der Waals surface area contributed by atoms with Gasteiger partial charge < -0.3 is 10.1 Å². The molecular weight excluding hydrogens is 162 g/mol. The van der Waals surface area contributed by atoms with Gasteiger partial charge in [0.05, 0.1) is 0 Å². The van der Waals surface area contributed by atoms with Crippen molar-refractivity contribution >= 4 is 0 Å². The van der Waals surface area contributed by atoms with Gasteiger partial charge in [0.25, 0.3) is 0 Å². The molecule has 1 fully saturated rings. The maximum absolute atomic E-state index is 5.34. The lowest BCUT2D eigenvalue weighted by Gasteiger charge is -2.09. The molecule has 1 heterocycles. The number of unbranched alkanes of at least 4 members (excludes halogenated alkanes) is 1. The van der Waals surface area contributed by atoms with Crippen molar-refractivity contribution in [2.24, 2.45) is 5.92 Å². The SMILES string of the molecule is CC(C)NCCCCC1CCOC1. The summed E-state index contributed by atoms with van der Waals surface area (Å²) < 4.78 is 5.34. The van der Waals surface area contributed by atoms with Crippen LogP contribution < -0.4 is 5.32 Å². The molecular formula is C11H23NO. The minimum absolute atomic E-state index is 0.634. The van der Waals surface area contributed by atoms with Gasteiger partial charge in [-0.05, 0) is 31.7 Å². The number of hydrogen-bond donors (Lipinski definition) is 1. The molecule has 0 saturated carbocycles. The Balaban J connectivity index is 1.83. The maximum atomic E-state index is 5.34. The first-order chi connectivity index (χ1) is 6.29. The van der Waals surface area contributed by atoms with Crippen LogP contribution in [0.15, 0.2) is 0 Å². The van der Waals surface area contributed by atoms with Crippen molar-refractivity contribution in [2.75, 3.05) is 19.8 Å². The van der Waals surface area contributed by atoms with Crippen LogP contribution in [0, 0.1) is 5.92 Å². The maximum Gasteiger partial charge on any atom is 0.0495 e. The van der Waals surface area contributed by atoms with Crippen LogP contribution in [0.1, 0.15) is 39.5 Å². The molecule has 0 aromatic rings. The van der Waals surface area contributed by atoms with Crippen molar-refractivity contribution in [1.82, 2.24) is 5.32 Å². The molecule has 0 radical (unpaired) electrons. The second kappa shape index (κ2) is 6.39. The van der Waals surface area contributed by atoms with E-state index < -0.39 is 0 Å². The Morgan fingerprint density at radius 2 is 2.23 bits per heavy atom. The molecule has 2 heteroatoms. The highest BCUT2D eigenvalue weighted by atomic mass is 16.5. The molecule has 13 heavy (non-hydrogen) atoms. The van der Waals surface area contributed by atoms with Gasteiger partial charge in [-0.3, -0.25) is 0 Å². The average Bonchev–Trinajstić information content (AvgIpc) is 2.55. The molecule has 0 aromatic heterocycles. The van der Waals surface area contributed by atoms with Gasteiger partial charge in [0.15, 0.2) is 0 Å². The van der Waals surface area contributed by atoms with Crippen LogP contribution in [0.4, 0.5) is 0 Å². The molecule has 1 unspecified atom stereocenters. The fourth-order valence-electron chi connectivity index (χ4n) is 1.76. The normalized spacial score (nSPS) is 22.8. The summed E-state index contributed by atoms with van der Waals surface area (Å²) in [6, 6.07) is 0.634. The molecule has 0 amide bonds. The summed E-state index contributed by atoms with van der Waals surface area (Å²) in [7, 11) is 0. The number of ether oxygens (including phenoxy) is 1. The number of nitrogens with one attached hydrogen (secondary N) is 1. The summed E-state index contributed by atoms with van der Waals surface area (Å²) in [6.45, 7) is 7.58. The van der Waals surface area contributed by atoms with Crippen molar-refractivity contribution in [1.29, 1.82) is 0 Å². The Morgan fingerprint density at radius 3 is 2.85 bits per heavy atom. The molecule has 1 rings (SSSR count). The van der Waals surface area contributed by atoms with Crippen molar-refractivity contribution in [3.63, 3.8) is 0 Å². The molecule has 0 aliphatic carbocycles. The van der Waals surface area contributed by atoms with Crippen LogP contribution in [0.3, 0.4) is 0 Å². The topological polar surface area (TPSA) is 21.3 Å². The first kappa shape index (κ1) is 11.0. The van der Waals surface area contributed by atoms with Crippen LogP contribution in [0.25, 0.3) is 0 Å². The van der Waals surface area contributed by atoms with Crippen LogP contribution in [0.2, 0.25) is 0 Å². The van der Waals surface area contributed by atoms with E-state index in [1.807, 2.05) is 0 Å². The van der Waals surface area contributed by atoms with E-state index in [0.29, 0.717) is 6.04 Å². The van der Waals surface area contributed by atoms with Crippen LogP contribution in [0.5, 0.6) is 0 Å². The largest absolute Gasteiger partial charge is 0.381 e. The molecule has 1 atom stereocenters. The summed E-state index contributed by atoms with van der Waals surface area (Å²) in [5.74, 6) is 0.860. The standard InChI is InChI=1S/C11H23NO/c1-10(2)12-7-4-3-5-11-6-8-13-9-11/h10-12H,3-9H2,1-2H3. The lowest BCUT2D eigenvalue weighted by atomic mass is 10.0. The molecule has 2 nitrogen and oxygen atoms in total. The molecule has 0 aromatic carbocycles. The molecule has 78 valence electrons. The van der Waals surface area contributed by atoms with Gasteiger partial charge in [-0.25, -0.2) is 0 Å². The van der Waals surface area contributed by atoms with E-state index in [1.165, 1.54) is 32.2 Å². The Kier molecular flexibility index (Phi) is 5.40. The second-order valence-electron chi connectivity index (χ2n) is 4.33. The van der Waals surface area contributed by atoms with Gasteiger partial charge in [-0.2, -0.15) is 0 Å². The fourth-order valence-corrected chi connectivity index (χ4v) is 1.76. The summed E-state index contributed by atoms with van der Waals surface area (Å²) >= 11 is 0. The fraction of sp³-hybridized carbons (Fsp3) is 1.00. The molecule has 1 aliphatic rings. The van der Waals surface area contributed by atoms with Crippen molar-refractivity contribution in [2.45, 2.75) is 45.6 Å². The molecule has 1 saturated heterocycles. The minimum atomic E-state index is 0.634. The highest BCUT2D eigenvalue weighted by molar-refractivity contribution is 4.64. The van der Waals surface area contributed by atoms with Crippen LogP contribution in [-0.2, 0) is 4.74 Å². The number of rotatable bonds is 6. The van der Waals surface area contributed by atoms with Gasteiger partial charge in [-0.15, -0.1) is 0 Å². The second-order valence-corrected chi connectivity index (χ2v) is 4.33. The highest BCUT2D eigenvalue weighted by Gasteiger charge is 2.14. The lowest BCUT2D eigenvalue weighted by molar-refractivity contribution is 0.183. The Labute approximate surface area is 82.0 Å². The average molecular weight is 185 g/mol. The van der Waals surface area contributed by atoms with E-state index in [4.69, 9.17) is 4.74 Å². The van der Waals surface area contributed by atoms with E-state index in [0.717, 1.165) is 19.1 Å². The van der Waals surface area contributed by atoms with E-state index >= 15 is 0 Å². The monoisotopic (exact) mass is 185 g/mol. The van der Waals surface area contributed by atoms with Crippen molar-refractivity contribution < 1.29 is 4.74 Å². The summed E-state index contributed by atoms with van der Waals surface area (Å²) in [5, 5.41) is 3.44. The minimum Gasteiger partial charge on any atom is -0.381 e. The Hall–Kier alpha value is -0.0800. The molecule has 0 spiro atoms. The highest BCUT2D eigenvalue weighted by Crippen LogP contribution is 2.18. The zero-order chi connectivity index (χ0) is 9.52. The summed E-state index contributed by atoms with van der Waals surface area (Å²) in [5.41, 5.74) is 0.